The molecule has 120 valence electrons. The number of ketones is 1. The lowest BCUT2D eigenvalue weighted by atomic mass is 9.83. The van der Waals surface area contributed by atoms with Gasteiger partial charge in [0.25, 0.3) is 0 Å². The van der Waals surface area contributed by atoms with Crippen molar-refractivity contribution in [3.05, 3.63) is 41.5 Å². The summed E-state index contributed by atoms with van der Waals surface area (Å²) in [6.07, 6.45) is 9.23. The molecule has 0 spiro atoms. The zero-order valence-electron chi connectivity index (χ0n) is 13.2. The number of piperidine rings is 1. The molecule has 22 heavy (non-hydrogen) atoms. The molecule has 1 atom stereocenters. The fourth-order valence-electron chi connectivity index (χ4n) is 3.58. The van der Waals surface area contributed by atoms with Gasteiger partial charge in [-0.3, -0.25) is 4.79 Å². The Labute approximate surface area is 140 Å². The standard InChI is InChI=1S/C19H25NO.ClH/c21-19-17(14-16-8-3-1-4-9-16)10-7-11-18(19)15-20-12-5-2-6-13-20;/h1,3-4,8-9,14,18H,2,5-7,10-13,15H2;1H/b17-14-;. The summed E-state index contributed by atoms with van der Waals surface area (Å²) in [6, 6.07) is 10.2. The van der Waals surface area contributed by atoms with Crippen LogP contribution in [0, 0.1) is 5.92 Å². The van der Waals surface area contributed by atoms with Crippen molar-refractivity contribution in [2.75, 3.05) is 19.6 Å². The van der Waals surface area contributed by atoms with Crippen molar-refractivity contribution in [2.24, 2.45) is 5.92 Å². The van der Waals surface area contributed by atoms with Gasteiger partial charge in [-0.2, -0.15) is 0 Å². The van der Waals surface area contributed by atoms with E-state index in [-0.39, 0.29) is 18.3 Å². The van der Waals surface area contributed by atoms with Gasteiger partial charge in [0.05, 0.1) is 0 Å². The van der Waals surface area contributed by atoms with Crippen molar-refractivity contribution in [3.63, 3.8) is 0 Å². The Morgan fingerprint density at radius 1 is 1.05 bits per heavy atom. The molecule has 2 aliphatic rings. The first-order valence-corrected chi connectivity index (χ1v) is 8.35. The van der Waals surface area contributed by atoms with E-state index in [4.69, 9.17) is 0 Å². The van der Waals surface area contributed by atoms with Crippen molar-refractivity contribution in [2.45, 2.75) is 38.5 Å². The number of nitrogens with zero attached hydrogens (tertiary/aromatic N) is 1. The molecule has 1 aromatic carbocycles. The number of allylic oxidation sites excluding steroid dienone is 1. The largest absolute Gasteiger partial charge is 0.303 e. The molecule has 1 aliphatic carbocycles. The summed E-state index contributed by atoms with van der Waals surface area (Å²) < 4.78 is 0. The van der Waals surface area contributed by atoms with Gasteiger partial charge < -0.3 is 4.90 Å². The molecule has 3 heteroatoms. The van der Waals surface area contributed by atoms with E-state index in [0.717, 1.165) is 36.9 Å². The number of carbonyl (C=O) groups excluding carboxylic acids is 1. The molecule has 1 aromatic rings. The van der Waals surface area contributed by atoms with E-state index >= 15 is 0 Å². The van der Waals surface area contributed by atoms with Gasteiger partial charge in [-0.1, -0.05) is 36.8 Å². The molecule has 1 saturated carbocycles. The fraction of sp³-hybridized carbons (Fsp3) is 0.526. The van der Waals surface area contributed by atoms with Gasteiger partial charge in [0.15, 0.2) is 5.78 Å². The van der Waals surface area contributed by atoms with Crippen molar-refractivity contribution >= 4 is 24.3 Å². The quantitative estimate of drug-likeness (QED) is 0.772. The minimum atomic E-state index is 0. The number of likely N-dealkylation sites (tertiary alicyclic amines) is 1. The maximum Gasteiger partial charge on any atom is 0.163 e. The molecule has 1 heterocycles. The molecular formula is C19H26ClNO. The lowest BCUT2D eigenvalue weighted by Crippen LogP contribution is -2.38. The van der Waals surface area contributed by atoms with Crippen LogP contribution in [0.25, 0.3) is 6.08 Å². The van der Waals surface area contributed by atoms with E-state index in [1.54, 1.807) is 0 Å². The number of hydrogen-bond acceptors (Lipinski definition) is 2. The molecule has 1 unspecified atom stereocenters. The Bertz CT molecular complexity index is 505. The zero-order chi connectivity index (χ0) is 14.5. The van der Waals surface area contributed by atoms with Crippen LogP contribution in [0.5, 0.6) is 0 Å². The van der Waals surface area contributed by atoms with E-state index in [1.807, 2.05) is 18.2 Å². The van der Waals surface area contributed by atoms with Gasteiger partial charge >= 0.3 is 0 Å². The van der Waals surface area contributed by atoms with Crippen molar-refractivity contribution in [1.29, 1.82) is 0 Å². The predicted octanol–water partition coefficient (Wildman–Crippen LogP) is 4.35. The summed E-state index contributed by atoms with van der Waals surface area (Å²) >= 11 is 0. The first kappa shape index (κ1) is 17.2. The van der Waals surface area contributed by atoms with E-state index in [0.29, 0.717) is 5.78 Å². The van der Waals surface area contributed by atoms with Crippen LogP contribution < -0.4 is 0 Å². The lowest BCUT2D eigenvalue weighted by molar-refractivity contribution is -0.121. The molecule has 0 bridgehead atoms. The number of benzene rings is 1. The van der Waals surface area contributed by atoms with Gasteiger partial charge in [-0.15, -0.1) is 12.4 Å². The molecule has 2 fully saturated rings. The van der Waals surface area contributed by atoms with Crippen LogP contribution in [0.4, 0.5) is 0 Å². The first-order valence-electron chi connectivity index (χ1n) is 8.35. The first-order chi connectivity index (χ1) is 10.3. The van der Waals surface area contributed by atoms with E-state index < -0.39 is 0 Å². The summed E-state index contributed by atoms with van der Waals surface area (Å²) in [6.45, 7) is 3.34. The monoisotopic (exact) mass is 319 g/mol. The second kappa shape index (κ2) is 8.50. The molecular weight excluding hydrogens is 294 g/mol. The third kappa shape index (κ3) is 4.44. The van der Waals surface area contributed by atoms with Crippen LogP contribution in [0.1, 0.15) is 44.1 Å². The van der Waals surface area contributed by atoms with Crippen molar-refractivity contribution in [3.8, 4) is 0 Å². The van der Waals surface area contributed by atoms with Crippen LogP contribution in [-0.2, 0) is 4.79 Å². The molecule has 0 N–H and O–H groups in total. The van der Waals surface area contributed by atoms with Gasteiger partial charge in [0, 0.05) is 12.5 Å². The second-order valence-electron chi connectivity index (χ2n) is 6.39. The molecule has 0 radical (unpaired) electrons. The molecule has 0 amide bonds. The highest BCUT2D eigenvalue weighted by Gasteiger charge is 2.28. The fourth-order valence-corrected chi connectivity index (χ4v) is 3.58. The number of rotatable bonds is 3. The third-order valence-corrected chi connectivity index (χ3v) is 4.75. The van der Waals surface area contributed by atoms with Crippen LogP contribution in [0.2, 0.25) is 0 Å². The third-order valence-electron chi connectivity index (χ3n) is 4.75. The number of Topliss-reactive ketones (excluding diaryl/α,β-unsaturated/α-hetero) is 1. The Balaban J connectivity index is 0.00000176. The van der Waals surface area contributed by atoms with Gasteiger partial charge in [-0.05, 0) is 62.4 Å². The Hall–Kier alpha value is -1.12. The smallest absolute Gasteiger partial charge is 0.163 e. The Morgan fingerprint density at radius 2 is 1.77 bits per heavy atom. The maximum absolute atomic E-state index is 12.7. The van der Waals surface area contributed by atoms with E-state index in [9.17, 15) is 4.79 Å². The van der Waals surface area contributed by atoms with Gasteiger partial charge in [0.2, 0.25) is 0 Å². The molecule has 1 saturated heterocycles. The van der Waals surface area contributed by atoms with Crippen molar-refractivity contribution in [1.82, 2.24) is 4.90 Å². The Kier molecular flexibility index (Phi) is 6.66. The SMILES string of the molecule is Cl.O=C1/C(=C\c2ccccc2)CCCC1CN1CCCCC1. The second-order valence-corrected chi connectivity index (χ2v) is 6.39. The highest BCUT2D eigenvalue weighted by atomic mass is 35.5. The number of halogens is 1. The van der Waals surface area contributed by atoms with Gasteiger partial charge in [0.1, 0.15) is 0 Å². The highest BCUT2D eigenvalue weighted by Crippen LogP contribution is 2.28. The molecule has 3 rings (SSSR count). The van der Waals surface area contributed by atoms with Crippen LogP contribution in [0.15, 0.2) is 35.9 Å². The number of carbonyl (C=O) groups is 1. The van der Waals surface area contributed by atoms with E-state index in [2.05, 4.69) is 23.1 Å². The highest BCUT2D eigenvalue weighted by molar-refractivity contribution is 6.01. The minimum absolute atomic E-state index is 0. The molecule has 1 aliphatic heterocycles. The summed E-state index contributed by atoms with van der Waals surface area (Å²) in [5.74, 6) is 0.627. The lowest BCUT2D eigenvalue weighted by Gasteiger charge is -2.32. The summed E-state index contributed by atoms with van der Waals surface area (Å²) in [7, 11) is 0. The van der Waals surface area contributed by atoms with Crippen LogP contribution in [-0.4, -0.2) is 30.3 Å². The van der Waals surface area contributed by atoms with Gasteiger partial charge in [-0.25, -0.2) is 0 Å². The predicted molar refractivity (Wildman–Crippen MR) is 94.3 cm³/mol. The number of hydrogen-bond donors (Lipinski definition) is 0. The summed E-state index contributed by atoms with van der Waals surface area (Å²) in [5, 5.41) is 0. The minimum Gasteiger partial charge on any atom is -0.303 e. The average Bonchev–Trinajstić information content (AvgIpc) is 2.53. The normalized spacial score (nSPS) is 25.0. The van der Waals surface area contributed by atoms with Crippen LogP contribution in [0.3, 0.4) is 0 Å². The average molecular weight is 320 g/mol. The summed E-state index contributed by atoms with van der Waals surface area (Å²) in [5.41, 5.74) is 2.19. The maximum atomic E-state index is 12.7. The van der Waals surface area contributed by atoms with Crippen molar-refractivity contribution < 1.29 is 4.79 Å². The topological polar surface area (TPSA) is 20.3 Å². The van der Waals surface area contributed by atoms with E-state index in [1.165, 1.54) is 32.4 Å². The molecule has 0 aromatic heterocycles. The molecule has 2 nitrogen and oxygen atoms in total. The summed E-state index contributed by atoms with van der Waals surface area (Å²) in [4.78, 5) is 15.2. The Morgan fingerprint density at radius 3 is 2.50 bits per heavy atom. The van der Waals surface area contributed by atoms with Crippen LogP contribution >= 0.6 is 12.4 Å². The zero-order valence-corrected chi connectivity index (χ0v) is 14.0.